The Morgan fingerprint density at radius 3 is 2.75 bits per heavy atom. The van der Waals surface area contributed by atoms with E-state index < -0.39 is 0 Å². The van der Waals surface area contributed by atoms with Gasteiger partial charge in [-0.05, 0) is 55.6 Å². The smallest absolute Gasteiger partial charge is 0.115 e. The van der Waals surface area contributed by atoms with Crippen LogP contribution in [0.3, 0.4) is 0 Å². The maximum absolute atomic E-state index is 9.54. The van der Waals surface area contributed by atoms with Gasteiger partial charge in [0.15, 0.2) is 0 Å². The van der Waals surface area contributed by atoms with Crippen molar-refractivity contribution < 1.29 is 5.11 Å². The SMILES string of the molecule is Oc1ccc2c(c1)CCNC21CCNCC1. The van der Waals surface area contributed by atoms with Gasteiger partial charge >= 0.3 is 0 Å². The standard InChI is InChI=1S/C13H18N2O/c16-11-1-2-12-10(9-11)3-6-15-13(12)4-7-14-8-5-13/h1-2,9,14-16H,3-8H2. The van der Waals surface area contributed by atoms with Crippen molar-refractivity contribution in [1.29, 1.82) is 0 Å². The van der Waals surface area contributed by atoms with Crippen LogP contribution < -0.4 is 10.6 Å². The molecule has 0 aromatic heterocycles. The van der Waals surface area contributed by atoms with E-state index in [1.54, 1.807) is 0 Å². The normalized spacial score (nSPS) is 23.0. The molecular weight excluding hydrogens is 200 g/mol. The Balaban J connectivity index is 2.04. The molecule has 0 bridgehead atoms. The van der Waals surface area contributed by atoms with Gasteiger partial charge in [-0.2, -0.15) is 0 Å². The third-order valence-corrected chi connectivity index (χ3v) is 3.92. The van der Waals surface area contributed by atoms with E-state index in [2.05, 4.69) is 16.7 Å². The van der Waals surface area contributed by atoms with Crippen LogP contribution in [0.15, 0.2) is 18.2 Å². The van der Waals surface area contributed by atoms with Crippen LogP contribution in [0.4, 0.5) is 0 Å². The highest BCUT2D eigenvalue weighted by Crippen LogP contribution is 2.36. The Morgan fingerprint density at radius 1 is 1.12 bits per heavy atom. The van der Waals surface area contributed by atoms with Gasteiger partial charge < -0.3 is 15.7 Å². The lowest BCUT2D eigenvalue weighted by molar-refractivity contribution is 0.234. The van der Waals surface area contributed by atoms with E-state index in [0.29, 0.717) is 5.75 Å². The fraction of sp³-hybridized carbons (Fsp3) is 0.538. The highest BCUT2D eigenvalue weighted by atomic mass is 16.3. The van der Waals surface area contributed by atoms with Crippen LogP contribution in [-0.2, 0) is 12.0 Å². The molecule has 0 aliphatic carbocycles. The maximum atomic E-state index is 9.54. The third kappa shape index (κ3) is 1.51. The summed E-state index contributed by atoms with van der Waals surface area (Å²) in [6.07, 6.45) is 3.31. The van der Waals surface area contributed by atoms with E-state index in [1.165, 1.54) is 11.1 Å². The predicted molar refractivity (Wildman–Crippen MR) is 63.6 cm³/mol. The first kappa shape index (κ1) is 10.1. The molecule has 0 saturated carbocycles. The minimum atomic E-state index is 0.159. The second-order valence-electron chi connectivity index (χ2n) is 4.85. The fourth-order valence-electron chi connectivity index (χ4n) is 3.09. The summed E-state index contributed by atoms with van der Waals surface area (Å²) in [6, 6.07) is 5.84. The summed E-state index contributed by atoms with van der Waals surface area (Å²) in [6.45, 7) is 3.18. The average Bonchev–Trinajstić information content (AvgIpc) is 2.30. The quantitative estimate of drug-likeness (QED) is 0.611. The topological polar surface area (TPSA) is 44.3 Å². The van der Waals surface area contributed by atoms with Gasteiger partial charge in [-0.1, -0.05) is 6.07 Å². The molecule has 3 N–H and O–H groups in total. The van der Waals surface area contributed by atoms with E-state index in [0.717, 1.165) is 38.9 Å². The summed E-state index contributed by atoms with van der Waals surface area (Å²) in [7, 11) is 0. The lowest BCUT2D eigenvalue weighted by Crippen LogP contribution is -2.53. The zero-order valence-electron chi connectivity index (χ0n) is 9.42. The molecule has 1 fully saturated rings. The molecule has 1 aromatic carbocycles. The van der Waals surface area contributed by atoms with E-state index in [1.807, 2.05) is 12.1 Å². The second-order valence-corrected chi connectivity index (χ2v) is 4.85. The molecule has 2 aliphatic heterocycles. The molecule has 0 atom stereocenters. The minimum absolute atomic E-state index is 0.159. The van der Waals surface area contributed by atoms with Gasteiger partial charge in [-0.15, -0.1) is 0 Å². The Hall–Kier alpha value is -1.06. The van der Waals surface area contributed by atoms with Crippen molar-refractivity contribution in [3.63, 3.8) is 0 Å². The van der Waals surface area contributed by atoms with Crippen LogP contribution in [0, 0.1) is 0 Å². The first-order chi connectivity index (χ1) is 7.80. The molecule has 16 heavy (non-hydrogen) atoms. The fourth-order valence-corrected chi connectivity index (χ4v) is 3.09. The Kier molecular flexibility index (Phi) is 2.37. The number of phenolic OH excluding ortho intramolecular Hbond substituents is 1. The van der Waals surface area contributed by atoms with Crippen LogP contribution in [-0.4, -0.2) is 24.7 Å². The first-order valence-electron chi connectivity index (χ1n) is 6.08. The van der Waals surface area contributed by atoms with Crippen molar-refractivity contribution >= 4 is 0 Å². The predicted octanol–water partition coefficient (Wildman–Crippen LogP) is 1.12. The van der Waals surface area contributed by atoms with Crippen molar-refractivity contribution in [1.82, 2.24) is 10.6 Å². The number of benzene rings is 1. The molecule has 0 amide bonds. The molecule has 2 heterocycles. The van der Waals surface area contributed by atoms with Gasteiger partial charge in [0.2, 0.25) is 0 Å². The summed E-state index contributed by atoms with van der Waals surface area (Å²) < 4.78 is 0. The van der Waals surface area contributed by atoms with Crippen LogP contribution >= 0.6 is 0 Å². The van der Waals surface area contributed by atoms with Gasteiger partial charge in [0.1, 0.15) is 5.75 Å². The highest BCUT2D eigenvalue weighted by molar-refractivity contribution is 5.41. The van der Waals surface area contributed by atoms with E-state index in [9.17, 15) is 5.11 Å². The lowest BCUT2D eigenvalue weighted by Gasteiger charge is -2.43. The van der Waals surface area contributed by atoms with Crippen molar-refractivity contribution in [2.45, 2.75) is 24.8 Å². The Bertz CT molecular complexity index is 397. The summed E-state index contributed by atoms with van der Waals surface area (Å²) in [5, 5.41) is 16.6. The first-order valence-corrected chi connectivity index (χ1v) is 6.08. The molecule has 1 aromatic rings. The van der Waals surface area contributed by atoms with Crippen molar-refractivity contribution in [2.24, 2.45) is 0 Å². The number of rotatable bonds is 0. The largest absolute Gasteiger partial charge is 0.508 e. The Morgan fingerprint density at radius 2 is 1.94 bits per heavy atom. The number of hydrogen-bond acceptors (Lipinski definition) is 3. The molecule has 2 aliphatic rings. The number of aromatic hydroxyl groups is 1. The van der Waals surface area contributed by atoms with Gasteiger partial charge in [0.05, 0.1) is 0 Å². The average molecular weight is 218 g/mol. The number of phenols is 1. The number of piperidine rings is 1. The summed E-state index contributed by atoms with van der Waals surface area (Å²) in [5.41, 5.74) is 2.88. The van der Waals surface area contributed by atoms with Crippen molar-refractivity contribution in [3.05, 3.63) is 29.3 Å². The lowest BCUT2D eigenvalue weighted by atomic mass is 9.76. The zero-order chi connectivity index (χ0) is 11.0. The number of nitrogens with one attached hydrogen (secondary N) is 2. The number of fused-ring (bicyclic) bond motifs is 2. The minimum Gasteiger partial charge on any atom is -0.508 e. The second kappa shape index (κ2) is 3.75. The Labute approximate surface area is 95.9 Å². The van der Waals surface area contributed by atoms with E-state index in [-0.39, 0.29) is 5.54 Å². The van der Waals surface area contributed by atoms with Gasteiger partial charge in [0.25, 0.3) is 0 Å². The van der Waals surface area contributed by atoms with E-state index >= 15 is 0 Å². The van der Waals surface area contributed by atoms with E-state index in [4.69, 9.17) is 0 Å². The van der Waals surface area contributed by atoms with Crippen molar-refractivity contribution in [2.75, 3.05) is 19.6 Å². The number of hydrogen-bond donors (Lipinski definition) is 3. The summed E-state index contributed by atoms with van der Waals surface area (Å²) >= 11 is 0. The molecule has 86 valence electrons. The van der Waals surface area contributed by atoms with Crippen LogP contribution in [0.2, 0.25) is 0 Å². The zero-order valence-corrected chi connectivity index (χ0v) is 9.42. The van der Waals surface area contributed by atoms with Gasteiger partial charge in [-0.3, -0.25) is 0 Å². The third-order valence-electron chi connectivity index (χ3n) is 3.92. The van der Waals surface area contributed by atoms with Gasteiger partial charge in [0, 0.05) is 12.1 Å². The van der Waals surface area contributed by atoms with Crippen molar-refractivity contribution in [3.8, 4) is 5.75 Å². The molecule has 0 unspecified atom stereocenters. The van der Waals surface area contributed by atoms with Crippen LogP contribution in [0.1, 0.15) is 24.0 Å². The molecule has 0 radical (unpaired) electrons. The van der Waals surface area contributed by atoms with Crippen LogP contribution in [0.5, 0.6) is 5.75 Å². The molecular formula is C13H18N2O. The molecule has 3 rings (SSSR count). The highest BCUT2D eigenvalue weighted by Gasteiger charge is 2.37. The molecule has 3 heteroatoms. The molecule has 3 nitrogen and oxygen atoms in total. The van der Waals surface area contributed by atoms with Crippen LogP contribution in [0.25, 0.3) is 0 Å². The monoisotopic (exact) mass is 218 g/mol. The van der Waals surface area contributed by atoms with Gasteiger partial charge in [-0.25, -0.2) is 0 Å². The maximum Gasteiger partial charge on any atom is 0.115 e. The summed E-state index contributed by atoms with van der Waals surface area (Å²) in [5.74, 6) is 0.393. The summed E-state index contributed by atoms with van der Waals surface area (Å²) in [4.78, 5) is 0. The molecule has 1 spiro atoms. The molecule has 1 saturated heterocycles.